The monoisotopic (exact) mass is 375 g/mol. The van der Waals surface area contributed by atoms with Crippen molar-refractivity contribution in [2.45, 2.75) is 32.1 Å². The van der Waals surface area contributed by atoms with Crippen molar-refractivity contribution in [2.75, 3.05) is 0 Å². The van der Waals surface area contributed by atoms with Gasteiger partial charge in [0, 0.05) is 17.0 Å². The van der Waals surface area contributed by atoms with E-state index in [4.69, 9.17) is 10.1 Å². The average molecular weight is 375 g/mol. The van der Waals surface area contributed by atoms with Crippen LogP contribution in [-0.2, 0) is 0 Å². The molecule has 5 rings (SSSR count). The van der Waals surface area contributed by atoms with Gasteiger partial charge in [0.05, 0.1) is 22.5 Å². The number of fused-ring (bicyclic) bond motifs is 1. The molecule has 2 aromatic carbocycles. The van der Waals surface area contributed by atoms with E-state index in [9.17, 15) is 8.78 Å². The molecule has 1 saturated carbocycles. The highest BCUT2D eigenvalue weighted by molar-refractivity contribution is 5.87. The highest BCUT2D eigenvalue weighted by Crippen LogP contribution is 2.45. The number of para-hydroxylation sites is 1. The molecule has 0 atom stereocenters. The molecule has 5 heteroatoms. The summed E-state index contributed by atoms with van der Waals surface area (Å²) in [6.07, 6.45) is -0.604. The lowest BCUT2D eigenvalue weighted by Crippen LogP contribution is -1.99. The average Bonchev–Trinajstić information content (AvgIpc) is 3.49. The summed E-state index contributed by atoms with van der Waals surface area (Å²) in [5, 5.41) is 5.25. The molecule has 28 heavy (non-hydrogen) atoms. The minimum absolute atomic E-state index is 0.0182. The number of aryl methyl sites for hydroxylation is 1. The highest BCUT2D eigenvalue weighted by atomic mass is 19.3. The molecule has 1 aliphatic rings. The number of aromatic nitrogens is 3. The van der Waals surface area contributed by atoms with E-state index < -0.39 is 6.43 Å². The molecule has 4 aromatic rings. The van der Waals surface area contributed by atoms with Gasteiger partial charge in [0.25, 0.3) is 6.43 Å². The molecule has 2 aromatic heterocycles. The molecule has 0 unspecified atom stereocenters. The maximum Gasteiger partial charge on any atom is 0.264 e. The fourth-order valence-corrected chi connectivity index (χ4v) is 3.61. The standard InChI is InChI=1S/C23H19F2N3/c1-14-7-9-15(10-8-14)19-13-18(22(24)25)20-21(16-11-12-16)27-28(23(20)26-19)17-5-3-2-4-6-17/h2-10,13,16,22H,11-12H2,1H3. The summed E-state index contributed by atoms with van der Waals surface area (Å²) in [4.78, 5) is 4.79. The van der Waals surface area contributed by atoms with E-state index in [1.165, 1.54) is 6.07 Å². The van der Waals surface area contributed by atoms with Gasteiger partial charge < -0.3 is 0 Å². The Hall–Kier alpha value is -3.08. The first-order valence-corrected chi connectivity index (χ1v) is 9.46. The van der Waals surface area contributed by atoms with Gasteiger partial charge in [-0.3, -0.25) is 0 Å². The fourth-order valence-electron chi connectivity index (χ4n) is 3.61. The van der Waals surface area contributed by atoms with E-state index in [2.05, 4.69) is 0 Å². The molecular weight excluding hydrogens is 356 g/mol. The van der Waals surface area contributed by atoms with Crippen molar-refractivity contribution in [3.05, 3.63) is 77.5 Å². The molecule has 0 aliphatic heterocycles. The second kappa shape index (κ2) is 6.51. The quantitative estimate of drug-likeness (QED) is 0.424. The Labute approximate surface area is 161 Å². The third-order valence-corrected chi connectivity index (χ3v) is 5.24. The lowest BCUT2D eigenvalue weighted by molar-refractivity contribution is 0.153. The van der Waals surface area contributed by atoms with Gasteiger partial charge in [-0.25, -0.2) is 18.4 Å². The smallest absolute Gasteiger partial charge is 0.228 e. The van der Waals surface area contributed by atoms with Gasteiger partial charge in [0.1, 0.15) is 0 Å². The van der Waals surface area contributed by atoms with Crippen LogP contribution in [0.4, 0.5) is 8.78 Å². The molecular formula is C23H19F2N3. The van der Waals surface area contributed by atoms with Crippen LogP contribution in [0.5, 0.6) is 0 Å². The van der Waals surface area contributed by atoms with Gasteiger partial charge in [-0.15, -0.1) is 0 Å². The van der Waals surface area contributed by atoms with Gasteiger partial charge in [-0.1, -0.05) is 48.0 Å². The van der Waals surface area contributed by atoms with Gasteiger partial charge in [-0.2, -0.15) is 5.10 Å². The first-order chi connectivity index (χ1) is 13.6. The third-order valence-electron chi connectivity index (χ3n) is 5.24. The second-order valence-corrected chi connectivity index (χ2v) is 7.37. The van der Waals surface area contributed by atoms with Crippen molar-refractivity contribution in [3.8, 4) is 16.9 Å². The molecule has 0 saturated heterocycles. The van der Waals surface area contributed by atoms with E-state index in [-0.39, 0.29) is 11.5 Å². The predicted molar refractivity (Wildman–Crippen MR) is 106 cm³/mol. The summed E-state index contributed by atoms with van der Waals surface area (Å²) in [7, 11) is 0. The van der Waals surface area contributed by atoms with E-state index in [1.54, 1.807) is 4.68 Å². The van der Waals surface area contributed by atoms with Crippen LogP contribution >= 0.6 is 0 Å². The number of pyridine rings is 1. The summed E-state index contributed by atoms with van der Waals surface area (Å²) in [5.41, 5.74) is 4.58. The highest BCUT2D eigenvalue weighted by Gasteiger charge is 2.32. The van der Waals surface area contributed by atoms with Crippen molar-refractivity contribution >= 4 is 11.0 Å². The summed E-state index contributed by atoms with van der Waals surface area (Å²) >= 11 is 0. The molecule has 0 N–H and O–H groups in total. The molecule has 1 aliphatic carbocycles. The van der Waals surface area contributed by atoms with Crippen molar-refractivity contribution in [3.63, 3.8) is 0 Å². The van der Waals surface area contributed by atoms with E-state index in [0.717, 1.165) is 35.3 Å². The molecule has 2 heterocycles. The normalized spacial score (nSPS) is 14.1. The first kappa shape index (κ1) is 17.0. The van der Waals surface area contributed by atoms with Gasteiger partial charge in [-0.05, 0) is 38.0 Å². The Kier molecular flexibility index (Phi) is 3.97. The summed E-state index contributed by atoms with van der Waals surface area (Å²) < 4.78 is 29.8. The Balaban J connectivity index is 1.82. The second-order valence-electron chi connectivity index (χ2n) is 7.37. The molecule has 0 radical (unpaired) electrons. The summed E-state index contributed by atoms with van der Waals surface area (Å²) in [5.74, 6) is 0.247. The van der Waals surface area contributed by atoms with E-state index in [1.807, 2.05) is 61.5 Å². The Morgan fingerprint density at radius 2 is 1.71 bits per heavy atom. The number of hydrogen-bond acceptors (Lipinski definition) is 2. The van der Waals surface area contributed by atoms with Gasteiger partial charge in [0.15, 0.2) is 5.65 Å². The van der Waals surface area contributed by atoms with Crippen LogP contribution in [-0.4, -0.2) is 14.8 Å². The Morgan fingerprint density at radius 1 is 1.00 bits per heavy atom. The minimum atomic E-state index is -2.58. The Bertz CT molecular complexity index is 1140. The molecule has 0 spiro atoms. The topological polar surface area (TPSA) is 30.7 Å². The van der Waals surface area contributed by atoms with Crippen LogP contribution in [0.15, 0.2) is 60.7 Å². The lowest BCUT2D eigenvalue weighted by atomic mass is 10.0. The summed E-state index contributed by atoms with van der Waals surface area (Å²) in [6, 6.07) is 18.9. The molecule has 3 nitrogen and oxygen atoms in total. The molecule has 0 amide bonds. The number of nitrogens with zero attached hydrogens (tertiary/aromatic N) is 3. The number of benzene rings is 2. The predicted octanol–water partition coefficient (Wildman–Crippen LogP) is 6.21. The SMILES string of the molecule is Cc1ccc(-c2cc(C(F)F)c3c(C4CC4)nn(-c4ccccc4)c3n2)cc1. The van der Waals surface area contributed by atoms with E-state index in [0.29, 0.717) is 16.7 Å². The molecule has 0 bridgehead atoms. The molecule has 140 valence electrons. The van der Waals surface area contributed by atoms with Crippen LogP contribution in [0.2, 0.25) is 0 Å². The van der Waals surface area contributed by atoms with Crippen molar-refractivity contribution in [1.29, 1.82) is 0 Å². The zero-order chi connectivity index (χ0) is 19.3. The first-order valence-electron chi connectivity index (χ1n) is 9.46. The number of rotatable bonds is 4. The van der Waals surface area contributed by atoms with Crippen LogP contribution in [0.1, 0.15) is 42.0 Å². The van der Waals surface area contributed by atoms with Crippen LogP contribution in [0.3, 0.4) is 0 Å². The lowest BCUT2D eigenvalue weighted by Gasteiger charge is -2.09. The summed E-state index contributed by atoms with van der Waals surface area (Å²) in [6.45, 7) is 2.00. The number of hydrogen-bond donors (Lipinski definition) is 0. The zero-order valence-corrected chi connectivity index (χ0v) is 15.4. The van der Waals surface area contributed by atoms with Crippen molar-refractivity contribution in [2.24, 2.45) is 0 Å². The Morgan fingerprint density at radius 3 is 2.36 bits per heavy atom. The maximum absolute atomic E-state index is 14.1. The maximum atomic E-state index is 14.1. The van der Waals surface area contributed by atoms with Crippen LogP contribution in [0.25, 0.3) is 28.0 Å². The van der Waals surface area contributed by atoms with Gasteiger partial charge >= 0.3 is 0 Å². The fraction of sp³-hybridized carbons (Fsp3) is 0.217. The van der Waals surface area contributed by atoms with Crippen molar-refractivity contribution < 1.29 is 8.78 Å². The third kappa shape index (κ3) is 2.87. The number of halogens is 2. The van der Waals surface area contributed by atoms with Gasteiger partial charge in [0.2, 0.25) is 0 Å². The van der Waals surface area contributed by atoms with E-state index >= 15 is 0 Å². The van der Waals surface area contributed by atoms with Crippen LogP contribution < -0.4 is 0 Å². The largest absolute Gasteiger partial charge is 0.264 e. The van der Waals surface area contributed by atoms with Crippen LogP contribution in [0, 0.1) is 6.92 Å². The molecule has 1 fully saturated rings. The van der Waals surface area contributed by atoms with Crippen molar-refractivity contribution in [1.82, 2.24) is 14.8 Å². The zero-order valence-electron chi connectivity index (χ0n) is 15.4. The minimum Gasteiger partial charge on any atom is -0.228 e. The number of alkyl halides is 2.